The molecule has 0 heteroatoms. The van der Waals surface area contributed by atoms with Gasteiger partial charge < -0.3 is 0 Å². The molecule has 0 nitrogen and oxygen atoms in total. The monoisotopic (exact) mass is 394 g/mol. The first-order chi connectivity index (χ1) is 14.0. The molecule has 0 heterocycles. The first-order valence-corrected chi connectivity index (χ1v) is 13.2. The molecule has 0 bridgehead atoms. The molecule has 162 valence electrons. The van der Waals surface area contributed by atoms with Gasteiger partial charge >= 0.3 is 0 Å². The molecule has 0 radical (unpaired) electrons. The summed E-state index contributed by atoms with van der Waals surface area (Å²) < 4.78 is 0. The maximum absolute atomic E-state index is 2.73. The molecule has 0 N–H and O–H groups in total. The van der Waals surface area contributed by atoms with Crippen LogP contribution in [0.5, 0.6) is 0 Å². The summed E-state index contributed by atoms with van der Waals surface area (Å²) in [5, 5.41) is 0. The van der Waals surface area contributed by atoms with Gasteiger partial charge in [-0.3, -0.25) is 0 Å². The highest BCUT2D eigenvalue weighted by Crippen LogP contribution is 2.45. The summed E-state index contributed by atoms with van der Waals surface area (Å²) in [6.07, 6.45) is 18.4. The highest BCUT2D eigenvalue weighted by molar-refractivity contribution is 5.45. The molecule has 1 aromatic rings. The molecule has 3 saturated carbocycles. The van der Waals surface area contributed by atoms with Gasteiger partial charge in [0.2, 0.25) is 0 Å². The lowest BCUT2D eigenvalue weighted by atomic mass is 9.71. The van der Waals surface area contributed by atoms with E-state index < -0.39 is 0 Å². The van der Waals surface area contributed by atoms with Gasteiger partial charge in [-0.1, -0.05) is 78.4 Å². The summed E-state index contributed by atoms with van der Waals surface area (Å²) in [5.74, 6) is 5.34. The van der Waals surface area contributed by atoms with Gasteiger partial charge in [0.25, 0.3) is 0 Å². The maximum Gasteiger partial charge on any atom is -0.0159 e. The van der Waals surface area contributed by atoms with Gasteiger partial charge in [-0.15, -0.1) is 0 Å². The van der Waals surface area contributed by atoms with Crippen molar-refractivity contribution in [2.75, 3.05) is 0 Å². The smallest absolute Gasteiger partial charge is 0.0159 e. The topological polar surface area (TPSA) is 0 Å². The van der Waals surface area contributed by atoms with Crippen molar-refractivity contribution in [3.8, 4) is 0 Å². The lowest BCUT2D eigenvalue weighted by Gasteiger charge is -2.34. The molecule has 29 heavy (non-hydrogen) atoms. The molecule has 0 atom stereocenters. The standard InChI is InChI=1S/C29H46/c1-5-27-28(24-14-8-21(3)9-15-24)18-26(23-12-6-20(2)7-13-23)19-29(27)25-16-10-22(4)11-17-25/h18-25H,5-17H2,1-4H3. The van der Waals surface area contributed by atoms with E-state index in [1.54, 1.807) is 22.3 Å². The zero-order chi connectivity index (χ0) is 20.4. The fourth-order valence-corrected chi connectivity index (χ4v) is 6.85. The van der Waals surface area contributed by atoms with E-state index in [9.17, 15) is 0 Å². The highest BCUT2D eigenvalue weighted by Gasteiger charge is 2.29. The molecular weight excluding hydrogens is 348 g/mol. The Kier molecular flexibility index (Phi) is 7.08. The van der Waals surface area contributed by atoms with Crippen molar-refractivity contribution in [2.24, 2.45) is 17.8 Å². The molecule has 0 amide bonds. The second-order valence-electron chi connectivity index (χ2n) is 11.4. The zero-order valence-corrected chi connectivity index (χ0v) is 19.8. The summed E-state index contributed by atoms with van der Waals surface area (Å²) in [5.41, 5.74) is 7.10. The van der Waals surface area contributed by atoms with Crippen LogP contribution in [0.15, 0.2) is 12.1 Å². The summed E-state index contributed by atoms with van der Waals surface area (Å²) in [7, 11) is 0. The molecule has 1 aromatic carbocycles. The predicted octanol–water partition coefficient (Wildman–Crippen LogP) is 9.13. The Hall–Kier alpha value is -0.780. The van der Waals surface area contributed by atoms with E-state index in [1.807, 2.05) is 0 Å². The number of rotatable bonds is 4. The Morgan fingerprint density at radius 3 is 1.24 bits per heavy atom. The van der Waals surface area contributed by atoms with Gasteiger partial charge in [-0.25, -0.2) is 0 Å². The van der Waals surface area contributed by atoms with E-state index in [4.69, 9.17) is 0 Å². The molecule has 4 rings (SSSR count). The Labute approximate surface area is 181 Å². The molecule has 0 saturated heterocycles. The van der Waals surface area contributed by atoms with E-state index in [1.165, 1.54) is 83.5 Å². The minimum atomic E-state index is 0.833. The van der Waals surface area contributed by atoms with Gasteiger partial charge in [-0.2, -0.15) is 0 Å². The minimum Gasteiger partial charge on any atom is -0.0625 e. The Morgan fingerprint density at radius 1 is 0.552 bits per heavy atom. The van der Waals surface area contributed by atoms with Crippen molar-refractivity contribution < 1.29 is 0 Å². The maximum atomic E-state index is 2.73. The number of benzene rings is 1. The highest BCUT2D eigenvalue weighted by atomic mass is 14.3. The van der Waals surface area contributed by atoms with E-state index in [-0.39, 0.29) is 0 Å². The van der Waals surface area contributed by atoms with Crippen LogP contribution in [-0.4, -0.2) is 0 Å². The lowest BCUT2D eigenvalue weighted by Crippen LogP contribution is -2.18. The molecule has 3 fully saturated rings. The van der Waals surface area contributed by atoms with Crippen molar-refractivity contribution in [1.29, 1.82) is 0 Å². The van der Waals surface area contributed by atoms with Crippen LogP contribution >= 0.6 is 0 Å². The van der Waals surface area contributed by atoms with E-state index in [2.05, 4.69) is 39.8 Å². The van der Waals surface area contributed by atoms with E-state index in [0.717, 1.165) is 35.5 Å². The quantitative estimate of drug-likeness (QED) is 0.477. The van der Waals surface area contributed by atoms with E-state index >= 15 is 0 Å². The molecule has 0 unspecified atom stereocenters. The van der Waals surface area contributed by atoms with Gasteiger partial charge in [0.15, 0.2) is 0 Å². The van der Waals surface area contributed by atoms with Crippen LogP contribution in [-0.2, 0) is 6.42 Å². The second kappa shape index (κ2) is 9.57. The van der Waals surface area contributed by atoms with Crippen LogP contribution in [0.2, 0.25) is 0 Å². The number of hydrogen-bond acceptors (Lipinski definition) is 0. The van der Waals surface area contributed by atoms with E-state index in [0.29, 0.717) is 0 Å². The van der Waals surface area contributed by atoms with Gasteiger partial charge in [0.05, 0.1) is 0 Å². The molecular formula is C29H46. The van der Waals surface area contributed by atoms with Gasteiger partial charge in [-0.05, 0) is 103 Å². The van der Waals surface area contributed by atoms with Gasteiger partial charge in [0, 0.05) is 0 Å². The Morgan fingerprint density at radius 2 is 0.897 bits per heavy atom. The summed E-state index contributed by atoms with van der Waals surface area (Å²) >= 11 is 0. The molecule has 0 spiro atoms. The van der Waals surface area contributed by atoms with Crippen LogP contribution in [0.4, 0.5) is 0 Å². The lowest BCUT2D eigenvalue weighted by molar-refractivity contribution is 0.336. The largest absolute Gasteiger partial charge is 0.0625 e. The minimum absolute atomic E-state index is 0.833. The molecule has 0 aromatic heterocycles. The fraction of sp³-hybridized carbons (Fsp3) is 0.793. The molecule has 0 aliphatic heterocycles. The second-order valence-corrected chi connectivity index (χ2v) is 11.4. The van der Waals surface area contributed by atoms with Crippen LogP contribution in [0.3, 0.4) is 0 Å². The third kappa shape index (κ3) is 4.94. The van der Waals surface area contributed by atoms with Crippen molar-refractivity contribution in [3.05, 3.63) is 34.4 Å². The third-order valence-electron chi connectivity index (χ3n) is 9.09. The first kappa shape index (κ1) is 21.5. The average molecular weight is 395 g/mol. The third-order valence-corrected chi connectivity index (χ3v) is 9.09. The normalized spacial score (nSPS) is 36.1. The van der Waals surface area contributed by atoms with Crippen molar-refractivity contribution >= 4 is 0 Å². The average Bonchev–Trinajstić information content (AvgIpc) is 2.74. The first-order valence-electron chi connectivity index (χ1n) is 13.2. The zero-order valence-electron chi connectivity index (χ0n) is 19.8. The fourth-order valence-electron chi connectivity index (χ4n) is 6.85. The van der Waals surface area contributed by atoms with Crippen LogP contribution in [0, 0.1) is 17.8 Å². The van der Waals surface area contributed by atoms with Crippen molar-refractivity contribution in [3.63, 3.8) is 0 Å². The van der Waals surface area contributed by atoms with Crippen LogP contribution in [0.1, 0.15) is 145 Å². The van der Waals surface area contributed by atoms with Crippen molar-refractivity contribution in [2.45, 2.75) is 129 Å². The summed E-state index contributed by atoms with van der Waals surface area (Å²) in [6, 6.07) is 5.46. The van der Waals surface area contributed by atoms with Gasteiger partial charge in [0.1, 0.15) is 0 Å². The van der Waals surface area contributed by atoms with Crippen LogP contribution in [0.25, 0.3) is 0 Å². The molecule has 3 aliphatic carbocycles. The summed E-state index contributed by atoms with van der Waals surface area (Å²) in [4.78, 5) is 0. The SMILES string of the molecule is CCc1c(C2CCC(C)CC2)cc(C2CCC(C)CC2)cc1C1CCC(C)CC1. The van der Waals surface area contributed by atoms with Crippen LogP contribution < -0.4 is 0 Å². The Bertz CT molecular complexity index is 604. The number of hydrogen-bond donors (Lipinski definition) is 0. The summed E-state index contributed by atoms with van der Waals surface area (Å²) in [6.45, 7) is 9.82. The predicted molar refractivity (Wildman–Crippen MR) is 127 cm³/mol. The molecule has 3 aliphatic rings. The van der Waals surface area contributed by atoms with Crippen molar-refractivity contribution in [1.82, 2.24) is 0 Å². The Balaban J connectivity index is 1.69.